The number of nitrogens with two attached hydrogens (primary N) is 1. The molecule has 0 saturated carbocycles. The smallest absolute Gasteiger partial charge is 0.0842 e. The molecule has 0 aliphatic carbocycles. The predicted octanol–water partition coefficient (Wildman–Crippen LogP) is 0.111. The molecule has 84 valence electrons. The molecule has 1 fully saturated rings. The van der Waals surface area contributed by atoms with E-state index in [1.54, 1.807) is 4.68 Å². The molecule has 2 atom stereocenters. The minimum Gasteiger partial charge on any atom is -0.381 e. The van der Waals surface area contributed by atoms with Crippen LogP contribution in [-0.4, -0.2) is 34.2 Å². The zero-order valence-electron chi connectivity index (χ0n) is 9.09. The predicted molar refractivity (Wildman–Crippen MR) is 56.2 cm³/mol. The van der Waals surface area contributed by atoms with E-state index < -0.39 is 0 Å². The Morgan fingerprint density at radius 2 is 2.60 bits per heavy atom. The first-order valence-electron chi connectivity index (χ1n) is 5.44. The van der Waals surface area contributed by atoms with E-state index in [0.29, 0.717) is 5.92 Å². The molecule has 0 aromatic carbocycles. The summed E-state index contributed by atoms with van der Waals surface area (Å²) in [5.74, 6) is 0.473. The summed E-state index contributed by atoms with van der Waals surface area (Å²) in [5, 5.41) is 7.94. The molecule has 0 spiro atoms. The quantitative estimate of drug-likeness (QED) is 0.769. The number of ether oxygens (including phenoxy) is 1. The van der Waals surface area contributed by atoms with Crippen molar-refractivity contribution in [2.24, 2.45) is 18.7 Å². The molecule has 0 bridgehead atoms. The second kappa shape index (κ2) is 4.72. The molecule has 1 saturated heterocycles. The minimum absolute atomic E-state index is 0.141. The highest BCUT2D eigenvalue weighted by Gasteiger charge is 2.21. The van der Waals surface area contributed by atoms with Gasteiger partial charge in [-0.1, -0.05) is 5.21 Å². The first kappa shape index (κ1) is 10.6. The van der Waals surface area contributed by atoms with Crippen LogP contribution in [0.1, 0.15) is 18.5 Å². The van der Waals surface area contributed by atoms with Gasteiger partial charge in [0.2, 0.25) is 0 Å². The fourth-order valence-electron chi connectivity index (χ4n) is 2.00. The molecule has 15 heavy (non-hydrogen) atoms. The van der Waals surface area contributed by atoms with Crippen LogP contribution in [0.25, 0.3) is 0 Å². The average molecular weight is 210 g/mol. The Hall–Kier alpha value is -0.940. The van der Waals surface area contributed by atoms with Crippen LogP contribution in [0.2, 0.25) is 0 Å². The van der Waals surface area contributed by atoms with Crippen LogP contribution in [0, 0.1) is 5.92 Å². The maximum Gasteiger partial charge on any atom is 0.0842 e. The fourth-order valence-corrected chi connectivity index (χ4v) is 2.00. The van der Waals surface area contributed by atoms with Gasteiger partial charge in [-0.25, -0.2) is 0 Å². The van der Waals surface area contributed by atoms with E-state index >= 15 is 0 Å². The van der Waals surface area contributed by atoms with Crippen molar-refractivity contribution in [3.05, 3.63) is 11.9 Å². The molecule has 2 N–H and O–H groups in total. The molecule has 0 amide bonds. The van der Waals surface area contributed by atoms with Gasteiger partial charge in [0.1, 0.15) is 0 Å². The molecule has 2 rings (SSSR count). The second-order valence-electron chi connectivity index (χ2n) is 4.23. The third-order valence-corrected chi connectivity index (χ3v) is 2.90. The highest BCUT2D eigenvalue weighted by molar-refractivity contribution is 4.96. The summed E-state index contributed by atoms with van der Waals surface area (Å²) in [6.07, 6.45) is 5.01. The summed E-state index contributed by atoms with van der Waals surface area (Å²) >= 11 is 0. The molecule has 0 radical (unpaired) electrons. The lowest BCUT2D eigenvalue weighted by molar-refractivity contribution is 0.0449. The number of hydrogen-bond acceptors (Lipinski definition) is 4. The van der Waals surface area contributed by atoms with Crippen molar-refractivity contribution in [1.82, 2.24) is 15.0 Å². The molecular formula is C10H18N4O. The van der Waals surface area contributed by atoms with Crippen molar-refractivity contribution in [2.75, 3.05) is 13.2 Å². The number of nitrogens with zero attached hydrogens (tertiary/aromatic N) is 3. The third kappa shape index (κ3) is 2.76. The van der Waals surface area contributed by atoms with Crippen molar-refractivity contribution < 1.29 is 4.74 Å². The van der Waals surface area contributed by atoms with Crippen LogP contribution in [0.5, 0.6) is 0 Å². The van der Waals surface area contributed by atoms with Crippen LogP contribution < -0.4 is 5.73 Å². The highest BCUT2D eigenvalue weighted by Crippen LogP contribution is 2.18. The van der Waals surface area contributed by atoms with E-state index in [4.69, 9.17) is 10.5 Å². The van der Waals surface area contributed by atoms with Gasteiger partial charge in [0.05, 0.1) is 12.3 Å². The normalized spacial score (nSPS) is 24.0. The Morgan fingerprint density at radius 3 is 3.20 bits per heavy atom. The van der Waals surface area contributed by atoms with E-state index in [1.165, 1.54) is 6.42 Å². The van der Waals surface area contributed by atoms with Crippen molar-refractivity contribution in [2.45, 2.75) is 25.3 Å². The highest BCUT2D eigenvalue weighted by atomic mass is 16.5. The van der Waals surface area contributed by atoms with E-state index in [2.05, 4.69) is 10.3 Å². The number of hydrogen-bond donors (Lipinski definition) is 1. The molecule has 5 nitrogen and oxygen atoms in total. The van der Waals surface area contributed by atoms with Crippen LogP contribution in [0.4, 0.5) is 0 Å². The summed E-state index contributed by atoms with van der Waals surface area (Å²) in [7, 11) is 1.87. The Balaban J connectivity index is 1.88. The molecular weight excluding hydrogens is 192 g/mol. The van der Waals surface area contributed by atoms with Crippen molar-refractivity contribution >= 4 is 0 Å². The van der Waals surface area contributed by atoms with Crippen LogP contribution in [0.3, 0.4) is 0 Å². The van der Waals surface area contributed by atoms with Crippen LogP contribution in [0.15, 0.2) is 6.20 Å². The molecule has 2 unspecified atom stereocenters. The minimum atomic E-state index is 0.141. The standard InChI is InChI=1S/C10H18N4O/c1-14-6-9(12-13-14)5-10(11)8-3-2-4-15-7-8/h6,8,10H,2-5,7,11H2,1H3. The van der Waals surface area contributed by atoms with E-state index in [9.17, 15) is 0 Å². The Kier molecular flexibility index (Phi) is 3.33. The zero-order chi connectivity index (χ0) is 10.7. The number of aryl methyl sites for hydroxylation is 1. The van der Waals surface area contributed by atoms with Crippen LogP contribution >= 0.6 is 0 Å². The topological polar surface area (TPSA) is 66.0 Å². The van der Waals surface area contributed by atoms with Gasteiger partial charge in [0, 0.05) is 32.3 Å². The van der Waals surface area contributed by atoms with Crippen molar-refractivity contribution in [3.63, 3.8) is 0 Å². The fraction of sp³-hybridized carbons (Fsp3) is 0.800. The van der Waals surface area contributed by atoms with E-state index in [1.807, 2.05) is 13.2 Å². The molecule has 1 aromatic rings. The molecule has 1 aliphatic heterocycles. The Bertz CT molecular complexity index is 306. The maximum atomic E-state index is 6.13. The first-order chi connectivity index (χ1) is 7.25. The molecule has 5 heteroatoms. The lowest BCUT2D eigenvalue weighted by Gasteiger charge is -2.26. The summed E-state index contributed by atoms with van der Waals surface area (Å²) in [6.45, 7) is 1.68. The van der Waals surface area contributed by atoms with Gasteiger partial charge in [-0.05, 0) is 18.8 Å². The van der Waals surface area contributed by atoms with Gasteiger partial charge in [0.15, 0.2) is 0 Å². The van der Waals surface area contributed by atoms with Crippen molar-refractivity contribution in [1.29, 1.82) is 0 Å². The van der Waals surface area contributed by atoms with E-state index in [-0.39, 0.29) is 6.04 Å². The van der Waals surface area contributed by atoms with Gasteiger partial charge < -0.3 is 10.5 Å². The third-order valence-electron chi connectivity index (χ3n) is 2.90. The van der Waals surface area contributed by atoms with Gasteiger partial charge in [-0.15, -0.1) is 5.10 Å². The summed E-state index contributed by atoms with van der Waals surface area (Å²) in [5.41, 5.74) is 7.10. The van der Waals surface area contributed by atoms with Crippen molar-refractivity contribution in [3.8, 4) is 0 Å². The van der Waals surface area contributed by atoms with Gasteiger partial charge in [0.25, 0.3) is 0 Å². The van der Waals surface area contributed by atoms with E-state index in [0.717, 1.165) is 31.7 Å². The summed E-state index contributed by atoms with van der Waals surface area (Å²) in [4.78, 5) is 0. The largest absolute Gasteiger partial charge is 0.381 e. The van der Waals surface area contributed by atoms with Crippen LogP contribution in [-0.2, 0) is 18.2 Å². The molecule has 1 aliphatic rings. The van der Waals surface area contributed by atoms with Gasteiger partial charge in [-0.2, -0.15) is 0 Å². The first-order valence-corrected chi connectivity index (χ1v) is 5.44. The SMILES string of the molecule is Cn1cc(CC(N)C2CCCOC2)nn1. The van der Waals surface area contributed by atoms with Gasteiger partial charge >= 0.3 is 0 Å². The number of rotatable bonds is 3. The molecule has 1 aromatic heterocycles. The Morgan fingerprint density at radius 1 is 1.73 bits per heavy atom. The van der Waals surface area contributed by atoms with Gasteiger partial charge in [-0.3, -0.25) is 4.68 Å². The average Bonchev–Trinajstić information content (AvgIpc) is 2.65. The maximum absolute atomic E-state index is 6.13. The monoisotopic (exact) mass is 210 g/mol. The summed E-state index contributed by atoms with van der Waals surface area (Å²) < 4.78 is 7.13. The lowest BCUT2D eigenvalue weighted by atomic mass is 9.91. The second-order valence-corrected chi connectivity index (χ2v) is 4.23. The number of aromatic nitrogens is 3. The Labute approximate surface area is 89.6 Å². The zero-order valence-corrected chi connectivity index (χ0v) is 9.09. The lowest BCUT2D eigenvalue weighted by Crippen LogP contribution is -2.37. The molecule has 2 heterocycles. The summed E-state index contributed by atoms with van der Waals surface area (Å²) in [6, 6.07) is 0.141.